The number of benzene rings is 1. The monoisotopic (exact) mass is 273 g/mol. The van der Waals surface area contributed by atoms with Crippen LogP contribution in [0.1, 0.15) is 24.0 Å². The van der Waals surface area contributed by atoms with E-state index in [0.29, 0.717) is 0 Å². The van der Waals surface area contributed by atoms with Crippen LogP contribution in [0.3, 0.4) is 0 Å². The molecule has 1 saturated heterocycles. The number of likely N-dealkylation sites (tertiary alicyclic amines) is 1. The lowest BCUT2D eigenvalue weighted by Gasteiger charge is -2.31. The molecule has 4 heteroatoms. The number of carbonyl (C=O) groups is 1. The van der Waals surface area contributed by atoms with E-state index in [9.17, 15) is 4.79 Å². The first-order chi connectivity index (χ1) is 9.78. The lowest BCUT2D eigenvalue weighted by atomic mass is 9.95. The van der Waals surface area contributed by atoms with Gasteiger partial charge in [0, 0.05) is 31.7 Å². The van der Waals surface area contributed by atoms with Crippen LogP contribution in [0.2, 0.25) is 0 Å². The molecule has 0 unspecified atom stereocenters. The number of amides is 1. The molecule has 0 atom stereocenters. The van der Waals surface area contributed by atoms with Crippen molar-refractivity contribution in [2.24, 2.45) is 5.92 Å². The Hall–Kier alpha value is -1.55. The maximum Gasteiger partial charge on any atom is 0.222 e. The molecule has 0 saturated carbocycles. The Bertz CT molecular complexity index is 492. The van der Waals surface area contributed by atoms with Gasteiger partial charge in [-0.1, -0.05) is 18.2 Å². The number of rotatable bonds is 3. The molecule has 20 heavy (non-hydrogen) atoms. The Morgan fingerprint density at radius 2 is 2.20 bits per heavy atom. The molecule has 1 fully saturated rings. The quantitative estimate of drug-likeness (QED) is 0.879. The number of fused-ring (bicyclic) bond motifs is 1. The summed E-state index contributed by atoms with van der Waals surface area (Å²) in [7, 11) is 1.73. The lowest BCUT2D eigenvalue weighted by molar-refractivity contribution is -0.125. The summed E-state index contributed by atoms with van der Waals surface area (Å²) in [5.41, 5.74) is 4.20. The molecule has 3 rings (SSSR count). The van der Waals surface area contributed by atoms with E-state index in [1.54, 1.807) is 7.05 Å². The van der Waals surface area contributed by atoms with Crippen molar-refractivity contribution in [2.75, 3.05) is 32.0 Å². The van der Waals surface area contributed by atoms with Crippen LogP contribution in [0.4, 0.5) is 5.69 Å². The molecule has 4 nitrogen and oxygen atoms in total. The van der Waals surface area contributed by atoms with Crippen molar-refractivity contribution in [1.29, 1.82) is 0 Å². The van der Waals surface area contributed by atoms with Gasteiger partial charge in [-0.05, 0) is 43.5 Å². The van der Waals surface area contributed by atoms with Gasteiger partial charge in [0.1, 0.15) is 0 Å². The largest absolute Gasteiger partial charge is 0.384 e. The van der Waals surface area contributed by atoms with Crippen LogP contribution in [-0.2, 0) is 17.8 Å². The SMILES string of the molecule is CNC(=O)C1CCN(Cc2cccc3c2NCC3)CC1. The molecular weight excluding hydrogens is 250 g/mol. The van der Waals surface area contributed by atoms with Crippen molar-refractivity contribution < 1.29 is 4.79 Å². The summed E-state index contributed by atoms with van der Waals surface area (Å²) in [4.78, 5) is 14.1. The fourth-order valence-electron chi connectivity index (χ4n) is 3.34. The minimum atomic E-state index is 0.201. The maximum absolute atomic E-state index is 11.6. The van der Waals surface area contributed by atoms with Crippen molar-refractivity contribution in [1.82, 2.24) is 10.2 Å². The average Bonchev–Trinajstić information content (AvgIpc) is 2.97. The standard InChI is InChI=1S/C16H23N3O/c1-17-16(20)13-6-9-19(10-7-13)11-14-4-2-3-12-5-8-18-15(12)14/h2-4,13,18H,5-11H2,1H3,(H,17,20). The van der Waals surface area contributed by atoms with Crippen LogP contribution in [0, 0.1) is 5.92 Å². The topological polar surface area (TPSA) is 44.4 Å². The lowest BCUT2D eigenvalue weighted by Crippen LogP contribution is -2.39. The van der Waals surface area contributed by atoms with Gasteiger partial charge in [0.15, 0.2) is 0 Å². The molecule has 0 aliphatic carbocycles. The van der Waals surface area contributed by atoms with E-state index in [0.717, 1.165) is 45.4 Å². The van der Waals surface area contributed by atoms with Gasteiger partial charge >= 0.3 is 0 Å². The van der Waals surface area contributed by atoms with Gasteiger partial charge in [0.2, 0.25) is 5.91 Å². The number of para-hydroxylation sites is 1. The summed E-state index contributed by atoms with van der Waals surface area (Å²) in [5.74, 6) is 0.405. The molecule has 1 aromatic carbocycles. The molecule has 2 aliphatic heterocycles. The molecule has 1 amide bonds. The Morgan fingerprint density at radius 3 is 2.95 bits per heavy atom. The maximum atomic E-state index is 11.6. The van der Waals surface area contributed by atoms with Crippen molar-refractivity contribution in [3.05, 3.63) is 29.3 Å². The fourth-order valence-corrected chi connectivity index (χ4v) is 3.34. The van der Waals surface area contributed by atoms with E-state index in [4.69, 9.17) is 0 Å². The van der Waals surface area contributed by atoms with Crippen LogP contribution in [0.25, 0.3) is 0 Å². The second-order valence-corrected chi connectivity index (χ2v) is 5.79. The highest BCUT2D eigenvalue weighted by Crippen LogP contribution is 2.28. The second kappa shape index (κ2) is 5.83. The smallest absolute Gasteiger partial charge is 0.222 e. The Labute approximate surface area is 120 Å². The first-order valence-corrected chi connectivity index (χ1v) is 7.56. The van der Waals surface area contributed by atoms with Crippen LogP contribution in [0.15, 0.2) is 18.2 Å². The van der Waals surface area contributed by atoms with Crippen molar-refractivity contribution in [3.8, 4) is 0 Å². The van der Waals surface area contributed by atoms with E-state index in [1.807, 2.05) is 0 Å². The summed E-state index contributed by atoms with van der Waals surface area (Å²) < 4.78 is 0. The number of nitrogens with one attached hydrogen (secondary N) is 2. The molecular formula is C16H23N3O. The first-order valence-electron chi connectivity index (χ1n) is 7.56. The van der Waals surface area contributed by atoms with E-state index in [2.05, 4.69) is 33.7 Å². The summed E-state index contributed by atoms with van der Waals surface area (Å²) >= 11 is 0. The van der Waals surface area contributed by atoms with Gasteiger partial charge in [-0.2, -0.15) is 0 Å². The third-order valence-electron chi connectivity index (χ3n) is 4.53. The predicted octanol–water partition coefficient (Wildman–Crippen LogP) is 1.61. The normalized spacial score (nSPS) is 19.4. The van der Waals surface area contributed by atoms with Gasteiger partial charge in [-0.25, -0.2) is 0 Å². The summed E-state index contributed by atoms with van der Waals surface area (Å²) in [5, 5.41) is 6.27. The zero-order valence-corrected chi connectivity index (χ0v) is 12.1. The number of hydrogen-bond donors (Lipinski definition) is 2. The molecule has 2 N–H and O–H groups in total. The molecule has 108 valence electrons. The van der Waals surface area contributed by atoms with Crippen molar-refractivity contribution >= 4 is 11.6 Å². The van der Waals surface area contributed by atoms with Gasteiger partial charge < -0.3 is 10.6 Å². The molecule has 2 heterocycles. The Morgan fingerprint density at radius 1 is 1.40 bits per heavy atom. The molecule has 2 aliphatic rings. The molecule has 0 spiro atoms. The van der Waals surface area contributed by atoms with Gasteiger partial charge in [-0.15, -0.1) is 0 Å². The molecule has 0 bridgehead atoms. The van der Waals surface area contributed by atoms with Crippen LogP contribution in [0.5, 0.6) is 0 Å². The molecule has 1 aromatic rings. The second-order valence-electron chi connectivity index (χ2n) is 5.79. The third-order valence-corrected chi connectivity index (χ3v) is 4.53. The molecule has 0 radical (unpaired) electrons. The third kappa shape index (κ3) is 2.66. The van der Waals surface area contributed by atoms with Crippen LogP contribution < -0.4 is 10.6 Å². The summed E-state index contributed by atoms with van der Waals surface area (Å²) in [6, 6.07) is 6.61. The van der Waals surface area contributed by atoms with Crippen LogP contribution in [-0.4, -0.2) is 37.5 Å². The zero-order valence-electron chi connectivity index (χ0n) is 12.1. The highest BCUT2D eigenvalue weighted by Gasteiger charge is 2.25. The highest BCUT2D eigenvalue weighted by molar-refractivity contribution is 5.78. The Kier molecular flexibility index (Phi) is 3.92. The van der Waals surface area contributed by atoms with Gasteiger partial charge in [0.25, 0.3) is 0 Å². The minimum absolute atomic E-state index is 0.201. The number of anilines is 1. The van der Waals surface area contributed by atoms with E-state index in [-0.39, 0.29) is 11.8 Å². The minimum Gasteiger partial charge on any atom is -0.384 e. The number of hydrogen-bond acceptors (Lipinski definition) is 3. The fraction of sp³-hybridized carbons (Fsp3) is 0.562. The van der Waals surface area contributed by atoms with Crippen molar-refractivity contribution in [2.45, 2.75) is 25.8 Å². The van der Waals surface area contributed by atoms with Gasteiger partial charge in [-0.3, -0.25) is 9.69 Å². The molecule has 0 aromatic heterocycles. The highest BCUT2D eigenvalue weighted by atomic mass is 16.1. The van der Waals surface area contributed by atoms with E-state index >= 15 is 0 Å². The van der Waals surface area contributed by atoms with E-state index < -0.39 is 0 Å². The number of nitrogens with zero attached hydrogens (tertiary/aromatic N) is 1. The summed E-state index contributed by atoms with van der Waals surface area (Å²) in [6.07, 6.45) is 3.09. The van der Waals surface area contributed by atoms with Gasteiger partial charge in [0.05, 0.1) is 0 Å². The predicted molar refractivity (Wildman–Crippen MR) is 80.7 cm³/mol. The number of piperidine rings is 1. The first kappa shape index (κ1) is 13.4. The Balaban J connectivity index is 1.60. The van der Waals surface area contributed by atoms with Crippen LogP contribution >= 0.6 is 0 Å². The van der Waals surface area contributed by atoms with Crippen molar-refractivity contribution in [3.63, 3.8) is 0 Å². The zero-order chi connectivity index (χ0) is 13.9. The summed E-state index contributed by atoms with van der Waals surface area (Å²) in [6.45, 7) is 4.09. The average molecular weight is 273 g/mol. The number of carbonyl (C=O) groups excluding carboxylic acids is 1. The van der Waals surface area contributed by atoms with E-state index in [1.165, 1.54) is 16.8 Å².